The fraction of sp³-hybridized carbons (Fsp3) is 0.300. The molecule has 3 aromatic carbocycles. The van der Waals surface area contributed by atoms with Crippen molar-refractivity contribution in [3.63, 3.8) is 0 Å². The molecule has 0 radical (unpaired) electrons. The van der Waals surface area contributed by atoms with Gasteiger partial charge in [-0.3, -0.25) is 9.59 Å². The van der Waals surface area contributed by atoms with E-state index in [9.17, 15) is 14.4 Å². The van der Waals surface area contributed by atoms with Crippen LogP contribution in [0.5, 0.6) is 0 Å². The van der Waals surface area contributed by atoms with Crippen LogP contribution in [-0.2, 0) is 37.0 Å². The average molecular weight is 504 g/mol. The van der Waals surface area contributed by atoms with Crippen LogP contribution in [0.3, 0.4) is 0 Å². The summed E-state index contributed by atoms with van der Waals surface area (Å²) in [4.78, 5) is 39.6. The van der Waals surface area contributed by atoms with Gasteiger partial charge in [0.2, 0.25) is 0 Å². The number of benzene rings is 3. The molecule has 3 rings (SSSR count). The summed E-state index contributed by atoms with van der Waals surface area (Å²) in [5.74, 6) is -3.10. The molecule has 0 spiro atoms. The van der Waals surface area contributed by atoms with Crippen molar-refractivity contribution in [1.82, 2.24) is 5.32 Å². The molecule has 1 atom stereocenters. The minimum atomic E-state index is -1.47. The van der Waals surface area contributed by atoms with Crippen molar-refractivity contribution in [2.75, 3.05) is 0 Å². The molecule has 3 aromatic rings. The molecular formula is C30H33NO6. The van der Waals surface area contributed by atoms with E-state index in [1.807, 2.05) is 73.7 Å². The van der Waals surface area contributed by atoms with Crippen molar-refractivity contribution in [3.8, 4) is 0 Å². The number of amides is 1. The Bertz CT molecular complexity index is 1130. The lowest BCUT2D eigenvalue weighted by atomic mass is 9.92. The lowest BCUT2D eigenvalue weighted by Crippen LogP contribution is -2.43. The predicted molar refractivity (Wildman–Crippen MR) is 139 cm³/mol. The first-order chi connectivity index (χ1) is 17.6. The van der Waals surface area contributed by atoms with Gasteiger partial charge in [0.1, 0.15) is 18.8 Å². The minimum Gasteiger partial charge on any atom is -0.460 e. The molecule has 7 nitrogen and oxygen atoms in total. The van der Waals surface area contributed by atoms with Gasteiger partial charge in [0.05, 0.1) is 6.04 Å². The Kier molecular flexibility index (Phi) is 9.44. The molecule has 0 bridgehead atoms. The molecule has 7 heteroatoms. The molecule has 37 heavy (non-hydrogen) atoms. The summed E-state index contributed by atoms with van der Waals surface area (Å²) < 4.78 is 16.5. The van der Waals surface area contributed by atoms with Crippen LogP contribution in [-0.4, -0.2) is 23.6 Å². The van der Waals surface area contributed by atoms with Gasteiger partial charge in [-0.1, -0.05) is 90.5 Å². The van der Waals surface area contributed by atoms with E-state index in [2.05, 4.69) is 5.32 Å². The number of rotatable bonds is 9. The van der Waals surface area contributed by atoms with Crippen molar-refractivity contribution in [3.05, 3.63) is 107 Å². The van der Waals surface area contributed by atoms with E-state index in [-0.39, 0.29) is 13.2 Å². The van der Waals surface area contributed by atoms with E-state index in [1.165, 1.54) is 0 Å². The van der Waals surface area contributed by atoms with E-state index >= 15 is 0 Å². The number of carbonyl (C=O) groups is 3. The van der Waals surface area contributed by atoms with Crippen molar-refractivity contribution in [1.29, 1.82) is 0 Å². The fourth-order valence-electron chi connectivity index (χ4n) is 3.66. The first kappa shape index (κ1) is 27.5. The largest absolute Gasteiger partial charge is 0.460 e. The summed E-state index contributed by atoms with van der Waals surface area (Å²) in [6.07, 6.45) is -0.768. The Labute approximate surface area is 217 Å². The molecule has 0 aromatic heterocycles. The van der Waals surface area contributed by atoms with Crippen molar-refractivity contribution in [2.24, 2.45) is 5.92 Å². The molecule has 0 fully saturated rings. The lowest BCUT2D eigenvalue weighted by Gasteiger charge is -2.28. The topological polar surface area (TPSA) is 90.9 Å². The number of hydrogen-bond acceptors (Lipinski definition) is 6. The molecule has 0 saturated carbocycles. The molecule has 0 aliphatic carbocycles. The molecule has 0 aliphatic rings. The van der Waals surface area contributed by atoms with Crippen LogP contribution in [0.4, 0.5) is 4.79 Å². The van der Waals surface area contributed by atoms with Crippen molar-refractivity contribution in [2.45, 2.75) is 52.6 Å². The summed E-state index contributed by atoms with van der Waals surface area (Å²) in [6.45, 7) is 7.00. The highest BCUT2D eigenvalue weighted by atomic mass is 16.6. The molecule has 0 heterocycles. The van der Waals surface area contributed by atoms with Crippen LogP contribution in [0.25, 0.3) is 0 Å². The smallest absolute Gasteiger partial charge is 0.408 e. The van der Waals surface area contributed by atoms with Gasteiger partial charge in [-0.15, -0.1) is 0 Å². The van der Waals surface area contributed by atoms with Crippen LogP contribution in [0, 0.1) is 12.8 Å². The monoisotopic (exact) mass is 503 g/mol. The second-order valence-electron chi connectivity index (χ2n) is 9.70. The zero-order valence-electron chi connectivity index (χ0n) is 21.6. The standard InChI is InChI=1S/C30H33NO6/c1-21-12-11-17-24(18-21)26(31-29(34)37-30(2,3)4)25(27(32)35-19-22-13-7-5-8-14-22)28(33)36-20-23-15-9-6-10-16-23/h5-18,25-26H,19-20H2,1-4H3,(H,31,34). The Hall–Kier alpha value is -4.13. The quantitative estimate of drug-likeness (QED) is 0.230. The second-order valence-corrected chi connectivity index (χ2v) is 9.70. The molecule has 1 unspecified atom stereocenters. The first-order valence-electron chi connectivity index (χ1n) is 12.1. The SMILES string of the molecule is Cc1cccc(C(NC(=O)OC(C)(C)C)C(C(=O)OCc2ccccc2)C(=O)OCc2ccccc2)c1. The van der Waals surface area contributed by atoms with Crippen LogP contribution in [0.15, 0.2) is 84.9 Å². The van der Waals surface area contributed by atoms with E-state index in [0.29, 0.717) is 5.56 Å². The maximum atomic E-state index is 13.4. The van der Waals surface area contributed by atoms with Gasteiger partial charge in [-0.25, -0.2) is 4.79 Å². The molecule has 0 aliphatic heterocycles. The van der Waals surface area contributed by atoms with Crippen molar-refractivity contribution < 1.29 is 28.6 Å². The predicted octanol–water partition coefficient (Wildman–Crippen LogP) is 5.66. The summed E-state index contributed by atoms with van der Waals surface area (Å²) >= 11 is 0. The van der Waals surface area contributed by atoms with Gasteiger partial charge in [-0.05, 0) is 44.4 Å². The fourth-order valence-corrected chi connectivity index (χ4v) is 3.66. The molecule has 194 valence electrons. The van der Waals surface area contributed by atoms with Gasteiger partial charge in [-0.2, -0.15) is 0 Å². The Morgan fingerprint density at radius 1 is 0.757 bits per heavy atom. The number of alkyl carbamates (subject to hydrolysis) is 1. The molecule has 1 amide bonds. The Morgan fingerprint density at radius 2 is 1.27 bits per heavy atom. The lowest BCUT2D eigenvalue weighted by molar-refractivity contribution is -0.165. The molecule has 1 N–H and O–H groups in total. The maximum Gasteiger partial charge on any atom is 0.408 e. The van der Waals surface area contributed by atoms with Gasteiger partial charge >= 0.3 is 18.0 Å². The third-order valence-electron chi connectivity index (χ3n) is 5.36. The van der Waals surface area contributed by atoms with Gasteiger partial charge < -0.3 is 19.5 Å². The maximum absolute atomic E-state index is 13.4. The molecular weight excluding hydrogens is 470 g/mol. The zero-order chi connectivity index (χ0) is 26.8. The van der Waals surface area contributed by atoms with E-state index in [0.717, 1.165) is 16.7 Å². The second kappa shape index (κ2) is 12.7. The normalized spacial score (nSPS) is 11.9. The third kappa shape index (κ3) is 8.79. The average Bonchev–Trinajstić information content (AvgIpc) is 2.86. The van der Waals surface area contributed by atoms with Crippen LogP contribution in [0.1, 0.15) is 49.1 Å². The zero-order valence-corrected chi connectivity index (χ0v) is 21.6. The van der Waals surface area contributed by atoms with E-state index < -0.39 is 35.6 Å². The summed E-state index contributed by atoms with van der Waals surface area (Å²) in [5.41, 5.74) is 2.18. The number of ether oxygens (including phenoxy) is 3. The highest BCUT2D eigenvalue weighted by Gasteiger charge is 2.40. The Balaban J connectivity index is 1.92. The van der Waals surface area contributed by atoms with Crippen LogP contribution in [0.2, 0.25) is 0 Å². The van der Waals surface area contributed by atoms with Gasteiger partial charge in [0, 0.05) is 0 Å². The summed E-state index contributed by atoms with van der Waals surface area (Å²) in [6, 6.07) is 24.4. The number of hydrogen-bond donors (Lipinski definition) is 1. The number of aryl methyl sites for hydroxylation is 1. The highest BCUT2D eigenvalue weighted by Crippen LogP contribution is 2.27. The summed E-state index contributed by atoms with van der Waals surface area (Å²) in [7, 11) is 0. The summed E-state index contributed by atoms with van der Waals surface area (Å²) in [5, 5.41) is 2.71. The van der Waals surface area contributed by atoms with Crippen LogP contribution >= 0.6 is 0 Å². The van der Waals surface area contributed by atoms with Gasteiger partial charge in [0.15, 0.2) is 5.92 Å². The first-order valence-corrected chi connectivity index (χ1v) is 12.1. The minimum absolute atomic E-state index is 0.0326. The van der Waals surface area contributed by atoms with E-state index in [4.69, 9.17) is 14.2 Å². The number of nitrogens with one attached hydrogen (secondary N) is 1. The van der Waals surface area contributed by atoms with E-state index in [1.54, 1.807) is 39.0 Å². The molecule has 0 saturated heterocycles. The third-order valence-corrected chi connectivity index (χ3v) is 5.36. The van der Waals surface area contributed by atoms with Gasteiger partial charge in [0.25, 0.3) is 0 Å². The Morgan fingerprint density at radius 3 is 1.73 bits per heavy atom. The van der Waals surface area contributed by atoms with Crippen LogP contribution < -0.4 is 5.32 Å². The number of esters is 2. The number of carbonyl (C=O) groups excluding carboxylic acids is 3. The highest BCUT2D eigenvalue weighted by molar-refractivity contribution is 5.96. The van der Waals surface area contributed by atoms with Crippen molar-refractivity contribution >= 4 is 18.0 Å².